The maximum Gasteiger partial charge on any atom is 0.392 e. The zero-order valence-corrected chi connectivity index (χ0v) is 19.5. The standard InChI is InChI=1S/C19H23F16NO/c1-9(2)5-7-36(8-6-10(3)4)12(37)14(24,25)16(28,29)18(32,33)19(34,35)17(30,31)15(26,27)13(22,23)11(20)21/h9-11H,5-8H2,1-4H3. The van der Waals surface area contributed by atoms with Crippen LogP contribution in [0.5, 0.6) is 0 Å². The second-order valence-electron chi connectivity index (χ2n) is 9.03. The lowest BCUT2D eigenvalue weighted by Gasteiger charge is -2.42. The predicted octanol–water partition coefficient (Wildman–Crippen LogP) is 7.62. The van der Waals surface area contributed by atoms with Gasteiger partial charge in [-0.25, -0.2) is 8.78 Å². The van der Waals surface area contributed by atoms with Crippen molar-refractivity contribution in [1.29, 1.82) is 0 Å². The molecule has 0 aromatic heterocycles. The van der Waals surface area contributed by atoms with E-state index in [1.54, 1.807) is 0 Å². The van der Waals surface area contributed by atoms with E-state index in [1.165, 1.54) is 27.7 Å². The Balaban J connectivity index is 6.68. The minimum Gasteiger partial charge on any atom is -0.337 e. The molecule has 0 rings (SSSR count). The molecule has 2 nitrogen and oxygen atoms in total. The summed E-state index contributed by atoms with van der Waals surface area (Å²) in [6, 6.07) is 0. The Kier molecular flexibility index (Phi) is 10.4. The maximum absolute atomic E-state index is 14.3. The van der Waals surface area contributed by atoms with Gasteiger partial charge in [0.1, 0.15) is 0 Å². The normalized spacial score (nSPS) is 15.2. The summed E-state index contributed by atoms with van der Waals surface area (Å²) in [6.07, 6.45) is -6.37. The molecule has 0 aromatic rings. The Labute approximate surface area is 200 Å². The monoisotopic (exact) mass is 585 g/mol. The van der Waals surface area contributed by atoms with Crippen molar-refractivity contribution in [2.75, 3.05) is 13.1 Å². The second-order valence-corrected chi connectivity index (χ2v) is 9.03. The van der Waals surface area contributed by atoms with Crippen molar-refractivity contribution >= 4 is 5.91 Å². The van der Waals surface area contributed by atoms with Crippen LogP contribution in [0, 0.1) is 11.8 Å². The molecule has 0 aliphatic carbocycles. The number of carbonyl (C=O) groups excluding carboxylic acids is 1. The molecular weight excluding hydrogens is 562 g/mol. The zero-order chi connectivity index (χ0) is 30.2. The first-order valence-corrected chi connectivity index (χ1v) is 10.3. The van der Waals surface area contributed by atoms with Crippen molar-refractivity contribution in [1.82, 2.24) is 4.90 Å². The molecule has 0 heterocycles. The summed E-state index contributed by atoms with van der Waals surface area (Å²) in [5, 5.41) is 0. The second kappa shape index (κ2) is 10.8. The van der Waals surface area contributed by atoms with E-state index in [1.807, 2.05) is 0 Å². The molecule has 0 unspecified atom stereocenters. The molecule has 18 heteroatoms. The molecule has 0 saturated carbocycles. The molecule has 37 heavy (non-hydrogen) atoms. The lowest BCUT2D eigenvalue weighted by molar-refractivity contribution is -0.444. The van der Waals surface area contributed by atoms with Crippen LogP contribution in [0.1, 0.15) is 40.5 Å². The first-order chi connectivity index (χ1) is 16.1. The van der Waals surface area contributed by atoms with Gasteiger partial charge in [0.15, 0.2) is 0 Å². The van der Waals surface area contributed by atoms with Gasteiger partial charge >= 0.3 is 47.9 Å². The van der Waals surface area contributed by atoms with Crippen LogP contribution in [0.2, 0.25) is 0 Å². The third kappa shape index (κ3) is 5.86. The van der Waals surface area contributed by atoms with Gasteiger partial charge in [-0.15, -0.1) is 0 Å². The van der Waals surface area contributed by atoms with Gasteiger partial charge in [0.2, 0.25) is 0 Å². The Morgan fingerprint density at radius 3 is 1.16 bits per heavy atom. The van der Waals surface area contributed by atoms with Gasteiger partial charge in [0, 0.05) is 13.1 Å². The van der Waals surface area contributed by atoms with Crippen LogP contribution < -0.4 is 0 Å². The SMILES string of the molecule is CC(C)CCN(CCC(C)C)C(=O)C(F)(F)C(F)(F)C(F)(F)C(F)(F)C(F)(F)C(F)(F)C(F)(F)C(F)F. The molecule has 0 N–H and O–H groups in total. The first kappa shape index (κ1) is 35.4. The van der Waals surface area contributed by atoms with Gasteiger partial charge in [-0.2, -0.15) is 61.5 Å². The van der Waals surface area contributed by atoms with E-state index in [-0.39, 0.29) is 17.7 Å². The van der Waals surface area contributed by atoms with Crippen LogP contribution in [-0.4, -0.2) is 71.8 Å². The quantitative estimate of drug-likeness (QED) is 0.192. The van der Waals surface area contributed by atoms with Crippen molar-refractivity contribution < 1.29 is 75.0 Å². The molecule has 0 fully saturated rings. The molecule has 0 saturated heterocycles. The predicted molar refractivity (Wildman–Crippen MR) is 96.1 cm³/mol. The fourth-order valence-electron chi connectivity index (χ4n) is 2.61. The Morgan fingerprint density at radius 2 is 0.865 bits per heavy atom. The van der Waals surface area contributed by atoms with E-state index in [9.17, 15) is 75.0 Å². The van der Waals surface area contributed by atoms with E-state index in [2.05, 4.69) is 0 Å². The molecule has 0 aliphatic rings. The average Bonchev–Trinajstić information content (AvgIpc) is 2.71. The number of rotatable bonds is 14. The number of hydrogen-bond donors (Lipinski definition) is 0. The van der Waals surface area contributed by atoms with E-state index in [0.29, 0.717) is 0 Å². The van der Waals surface area contributed by atoms with Gasteiger partial charge in [-0.1, -0.05) is 27.7 Å². The number of hydrogen-bond acceptors (Lipinski definition) is 1. The van der Waals surface area contributed by atoms with Gasteiger partial charge in [0.25, 0.3) is 5.91 Å². The molecule has 0 spiro atoms. The highest BCUT2D eigenvalue weighted by Crippen LogP contribution is 2.62. The van der Waals surface area contributed by atoms with Crippen molar-refractivity contribution in [2.24, 2.45) is 11.8 Å². The summed E-state index contributed by atoms with van der Waals surface area (Å²) in [7, 11) is 0. The highest BCUT2D eigenvalue weighted by Gasteiger charge is 2.94. The smallest absolute Gasteiger partial charge is 0.337 e. The number of nitrogens with zero attached hydrogens (tertiary/aromatic N) is 1. The van der Waals surface area contributed by atoms with E-state index < -0.39 is 78.7 Å². The van der Waals surface area contributed by atoms with Crippen LogP contribution in [-0.2, 0) is 4.79 Å². The third-order valence-electron chi connectivity index (χ3n) is 5.17. The molecule has 1 amide bonds. The van der Waals surface area contributed by atoms with Gasteiger partial charge in [-0.3, -0.25) is 4.79 Å². The van der Waals surface area contributed by atoms with Crippen molar-refractivity contribution in [2.45, 2.75) is 88.4 Å². The van der Waals surface area contributed by atoms with Crippen molar-refractivity contribution in [3.8, 4) is 0 Å². The number of alkyl halides is 16. The van der Waals surface area contributed by atoms with E-state index >= 15 is 0 Å². The summed E-state index contributed by atoms with van der Waals surface area (Å²) >= 11 is 0. The number of halogens is 16. The molecule has 0 atom stereocenters. The van der Waals surface area contributed by atoms with Gasteiger partial charge in [0.05, 0.1) is 0 Å². The summed E-state index contributed by atoms with van der Waals surface area (Å²) in [5.74, 6) is -60.0. The van der Waals surface area contributed by atoms with E-state index in [4.69, 9.17) is 0 Å². The first-order valence-electron chi connectivity index (χ1n) is 10.3. The molecule has 0 bridgehead atoms. The van der Waals surface area contributed by atoms with Crippen LogP contribution in [0.3, 0.4) is 0 Å². The van der Waals surface area contributed by atoms with Crippen LogP contribution in [0.25, 0.3) is 0 Å². The minimum absolute atomic E-state index is 0.167. The molecule has 0 aliphatic heterocycles. The number of amides is 1. The Morgan fingerprint density at radius 1 is 0.568 bits per heavy atom. The molecule has 0 radical (unpaired) electrons. The molecule has 222 valence electrons. The summed E-state index contributed by atoms with van der Waals surface area (Å²) in [5.41, 5.74) is 0. The zero-order valence-electron chi connectivity index (χ0n) is 19.5. The maximum atomic E-state index is 14.3. The highest BCUT2D eigenvalue weighted by atomic mass is 19.4. The largest absolute Gasteiger partial charge is 0.392 e. The Bertz CT molecular complexity index is 766. The summed E-state index contributed by atoms with van der Waals surface area (Å²) < 4.78 is 216. The number of carbonyl (C=O) groups is 1. The average molecular weight is 585 g/mol. The van der Waals surface area contributed by atoms with Crippen LogP contribution >= 0.6 is 0 Å². The third-order valence-corrected chi connectivity index (χ3v) is 5.17. The van der Waals surface area contributed by atoms with E-state index in [0.717, 1.165) is 0 Å². The topological polar surface area (TPSA) is 20.3 Å². The summed E-state index contributed by atoms with van der Waals surface area (Å²) in [4.78, 5) is 11.9. The Hall–Kier alpha value is -1.65. The van der Waals surface area contributed by atoms with Crippen molar-refractivity contribution in [3.63, 3.8) is 0 Å². The van der Waals surface area contributed by atoms with Crippen molar-refractivity contribution in [3.05, 3.63) is 0 Å². The fraction of sp³-hybridized carbons (Fsp3) is 0.947. The van der Waals surface area contributed by atoms with Gasteiger partial charge < -0.3 is 4.90 Å². The lowest BCUT2D eigenvalue weighted by atomic mass is 9.89. The highest BCUT2D eigenvalue weighted by molar-refractivity contribution is 5.85. The summed E-state index contributed by atoms with van der Waals surface area (Å²) in [6.45, 7) is 4.05. The van der Waals surface area contributed by atoms with Gasteiger partial charge in [-0.05, 0) is 24.7 Å². The lowest BCUT2D eigenvalue weighted by Crippen LogP contribution is -2.74. The fourth-order valence-corrected chi connectivity index (χ4v) is 2.61. The van der Waals surface area contributed by atoms with Crippen LogP contribution in [0.4, 0.5) is 70.2 Å². The molecule has 0 aromatic carbocycles. The van der Waals surface area contributed by atoms with Crippen LogP contribution in [0.15, 0.2) is 0 Å². The minimum atomic E-state index is -8.52. The molecular formula is C19H23F16NO.